The van der Waals surface area contributed by atoms with E-state index in [1.165, 1.54) is 0 Å². The molecule has 1 saturated heterocycles. The van der Waals surface area contributed by atoms with E-state index in [2.05, 4.69) is 5.32 Å². The van der Waals surface area contributed by atoms with Crippen LogP contribution in [0.5, 0.6) is 5.75 Å². The number of halogens is 1. The number of hydrogen-bond donors (Lipinski definition) is 2. The van der Waals surface area contributed by atoms with Crippen LogP contribution in [0.3, 0.4) is 0 Å². The van der Waals surface area contributed by atoms with Crippen LogP contribution in [0.4, 0.5) is 0 Å². The van der Waals surface area contributed by atoms with Gasteiger partial charge in [0.25, 0.3) is 0 Å². The van der Waals surface area contributed by atoms with E-state index in [1.54, 1.807) is 21.0 Å². The van der Waals surface area contributed by atoms with E-state index in [1.807, 2.05) is 29.2 Å². The highest BCUT2D eigenvalue weighted by atomic mass is 35.5. The molecule has 0 unspecified atom stereocenters. The van der Waals surface area contributed by atoms with Crippen LogP contribution >= 0.6 is 12.4 Å². The maximum Gasteiger partial charge on any atom is 0.239 e. The summed E-state index contributed by atoms with van der Waals surface area (Å²) in [4.78, 5) is 26.3. The van der Waals surface area contributed by atoms with Crippen molar-refractivity contribution in [3.63, 3.8) is 0 Å². The minimum absolute atomic E-state index is 0. The summed E-state index contributed by atoms with van der Waals surface area (Å²) in [5, 5.41) is 2.96. The first-order valence-electron chi connectivity index (χ1n) is 8.30. The molecule has 1 aliphatic heterocycles. The Bertz CT molecular complexity index is 593. The number of para-hydroxylation sites is 1. The summed E-state index contributed by atoms with van der Waals surface area (Å²) in [6, 6.07) is 7.64. The molecule has 0 bridgehead atoms. The molecule has 1 aromatic carbocycles. The molecule has 3 N–H and O–H groups in total. The molecule has 140 valence electrons. The Morgan fingerprint density at radius 3 is 2.44 bits per heavy atom. The summed E-state index contributed by atoms with van der Waals surface area (Å²) in [5.74, 6) is 0.669. The minimum Gasteiger partial charge on any atom is -0.496 e. The molecule has 1 fully saturated rings. The lowest BCUT2D eigenvalue weighted by Gasteiger charge is -2.33. The third kappa shape index (κ3) is 5.90. The standard InChI is InChI=1S/C18H27N3O3.ClH/c1-18(2,19)17(23)20-14-8-10-21(11-9-14)16(22)12-13-6-4-5-7-15(13)24-3;/h4-7,14H,8-12,19H2,1-3H3,(H,20,23);1H. The number of benzene rings is 1. The molecule has 6 nitrogen and oxygen atoms in total. The van der Waals surface area contributed by atoms with E-state index in [-0.39, 0.29) is 30.3 Å². The molecule has 0 aliphatic carbocycles. The predicted molar refractivity (Wildman–Crippen MR) is 100.0 cm³/mol. The third-order valence-corrected chi connectivity index (χ3v) is 4.30. The molecule has 25 heavy (non-hydrogen) atoms. The Kier molecular flexibility index (Phi) is 7.70. The quantitative estimate of drug-likeness (QED) is 0.823. The van der Waals surface area contributed by atoms with Crippen molar-refractivity contribution in [3.8, 4) is 5.75 Å². The molecular formula is C18H28ClN3O3. The molecule has 2 amide bonds. The molecule has 7 heteroatoms. The maximum absolute atomic E-state index is 12.5. The number of ether oxygens (including phenoxy) is 1. The first-order valence-corrected chi connectivity index (χ1v) is 8.30. The Morgan fingerprint density at radius 1 is 1.28 bits per heavy atom. The number of nitrogens with two attached hydrogens (primary N) is 1. The van der Waals surface area contributed by atoms with Crippen LogP contribution in [0.1, 0.15) is 32.3 Å². The fourth-order valence-corrected chi connectivity index (χ4v) is 2.77. The SMILES string of the molecule is COc1ccccc1CC(=O)N1CCC(NC(=O)C(C)(C)N)CC1.Cl. The number of piperidine rings is 1. The van der Waals surface area contributed by atoms with Gasteiger partial charge in [0.1, 0.15) is 5.75 Å². The molecule has 0 saturated carbocycles. The second kappa shape index (κ2) is 9.06. The van der Waals surface area contributed by atoms with Crippen molar-refractivity contribution in [2.75, 3.05) is 20.2 Å². The zero-order chi connectivity index (χ0) is 17.7. The monoisotopic (exact) mass is 369 g/mol. The summed E-state index contributed by atoms with van der Waals surface area (Å²) in [7, 11) is 1.61. The number of amides is 2. The largest absolute Gasteiger partial charge is 0.496 e. The summed E-state index contributed by atoms with van der Waals surface area (Å²) in [6.45, 7) is 4.66. The molecule has 1 heterocycles. The lowest BCUT2D eigenvalue weighted by atomic mass is 10.0. The van der Waals surface area contributed by atoms with E-state index >= 15 is 0 Å². The number of nitrogens with zero attached hydrogens (tertiary/aromatic N) is 1. The lowest BCUT2D eigenvalue weighted by Crippen LogP contribution is -2.54. The molecule has 0 spiro atoms. The molecule has 1 aliphatic rings. The fourth-order valence-electron chi connectivity index (χ4n) is 2.77. The number of likely N-dealkylation sites (tertiary alicyclic amines) is 1. The van der Waals surface area contributed by atoms with E-state index in [0.717, 1.165) is 24.2 Å². The van der Waals surface area contributed by atoms with Crippen LogP contribution < -0.4 is 15.8 Å². The number of carbonyl (C=O) groups is 2. The number of nitrogens with one attached hydrogen (secondary N) is 1. The van der Waals surface area contributed by atoms with Crippen molar-refractivity contribution in [1.29, 1.82) is 0 Å². The second-order valence-electron chi connectivity index (χ2n) is 6.84. The summed E-state index contributed by atoms with van der Waals surface area (Å²) in [6.07, 6.45) is 1.83. The van der Waals surface area contributed by atoms with Crippen LogP contribution in [0.15, 0.2) is 24.3 Å². The Hall–Kier alpha value is -1.79. The lowest BCUT2D eigenvalue weighted by molar-refractivity contribution is -0.131. The van der Waals surface area contributed by atoms with Gasteiger partial charge in [-0.05, 0) is 32.8 Å². The van der Waals surface area contributed by atoms with Crippen molar-refractivity contribution in [1.82, 2.24) is 10.2 Å². The molecule has 0 radical (unpaired) electrons. The van der Waals surface area contributed by atoms with Crippen molar-refractivity contribution >= 4 is 24.2 Å². The van der Waals surface area contributed by atoms with Crippen molar-refractivity contribution < 1.29 is 14.3 Å². The van der Waals surface area contributed by atoms with Crippen LogP contribution in [-0.2, 0) is 16.0 Å². The van der Waals surface area contributed by atoms with Crippen LogP contribution in [0, 0.1) is 0 Å². The third-order valence-electron chi connectivity index (χ3n) is 4.30. The normalized spacial score (nSPS) is 15.3. The van der Waals surface area contributed by atoms with E-state index in [4.69, 9.17) is 10.5 Å². The van der Waals surface area contributed by atoms with Crippen LogP contribution in [0.25, 0.3) is 0 Å². The first kappa shape index (κ1) is 21.3. The topological polar surface area (TPSA) is 84.7 Å². The zero-order valence-corrected chi connectivity index (χ0v) is 15.9. The van der Waals surface area contributed by atoms with Gasteiger partial charge in [0, 0.05) is 24.7 Å². The molecular weight excluding hydrogens is 342 g/mol. The van der Waals surface area contributed by atoms with Gasteiger partial charge in [-0.1, -0.05) is 18.2 Å². The molecule has 1 aromatic rings. The summed E-state index contributed by atoms with van der Waals surface area (Å²) < 4.78 is 5.30. The van der Waals surface area contributed by atoms with Gasteiger partial charge >= 0.3 is 0 Å². The highest BCUT2D eigenvalue weighted by Gasteiger charge is 2.28. The predicted octanol–water partition coefficient (Wildman–Crippen LogP) is 1.50. The van der Waals surface area contributed by atoms with Gasteiger partial charge in [-0.3, -0.25) is 9.59 Å². The van der Waals surface area contributed by atoms with Gasteiger partial charge < -0.3 is 20.7 Å². The highest BCUT2D eigenvalue weighted by molar-refractivity contribution is 5.85. The van der Waals surface area contributed by atoms with E-state index < -0.39 is 5.54 Å². The molecule has 0 aromatic heterocycles. The van der Waals surface area contributed by atoms with Gasteiger partial charge in [0.15, 0.2) is 0 Å². The number of rotatable bonds is 5. The Balaban J connectivity index is 0.00000312. The Morgan fingerprint density at radius 2 is 1.88 bits per heavy atom. The van der Waals surface area contributed by atoms with Crippen molar-refractivity contribution in [2.45, 2.75) is 44.7 Å². The number of methoxy groups -OCH3 is 1. The Labute approximate surface area is 155 Å². The minimum atomic E-state index is -0.878. The van der Waals surface area contributed by atoms with Crippen LogP contribution in [0.2, 0.25) is 0 Å². The van der Waals surface area contributed by atoms with E-state index in [9.17, 15) is 9.59 Å². The summed E-state index contributed by atoms with van der Waals surface area (Å²) >= 11 is 0. The van der Waals surface area contributed by atoms with Gasteiger partial charge in [-0.2, -0.15) is 0 Å². The molecule has 0 atom stereocenters. The van der Waals surface area contributed by atoms with Crippen molar-refractivity contribution in [3.05, 3.63) is 29.8 Å². The second-order valence-corrected chi connectivity index (χ2v) is 6.84. The number of hydrogen-bond acceptors (Lipinski definition) is 4. The van der Waals surface area contributed by atoms with Gasteiger partial charge in [-0.25, -0.2) is 0 Å². The number of carbonyl (C=O) groups excluding carboxylic acids is 2. The van der Waals surface area contributed by atoms with Crippen molar-refractivity contribution in [2.24, 2.45) is 5.73 Å². The highest BCUT2D eigenvalue weighted by Crippen LogP contribution is 2.20. The van der Waals surface area contributed by atoms with Gasteiger partial charge in [0.2, 0.25) is 11.8 Å². The maximum atomic E-state index is 12.5. The summed E-state index contributed by atoms with van der Waals surface area (Å²) in [5.41, 5.74) is 5.81. The average Bonchev–Trinajstić information content (AvgIpc) is 2.55. The van der Waals surface area contributed by atoms with E-state index in [0.29, 0.717) is 19.5 Å². The van der Waals surface area contributed by atoms with Gasteiger partial charge in [0.05, 0.1) is 19.1 Å². The smallest absolute Gasteiger partial charge is 0.239 e. The zero-order valence-electron chi connectivity index (χ0n) is 15.1. The fraction of sp³-hybridized carbons (Fsp3) is 0.556. The van der Waals surface area contributed by atoms with Gasteiger partial charge in [-0.15, -0.1) is 12.4 Å². The molecule has 2 rings (SSSR count). The average molecular weight is 370 g/mol. The first-order chi connectivity index (χ1) is 11.3. The van der Waals surface area contributed by atoms with Crippen LogP contribution in [-0.4, -0.2) is 48.5 Å².